The average molecular weight is 318 g/mol. The van der Waals surface area contributed by atoms with Gasteiger partial charge in [-0.25, -0.2) is 4.39 Å². The van der Waals surface area contributed by atoms with Crippen molar-refractivity contribution < 1.29 is 9.18 Å². The number of ketones is 1. The Balaban J connectivity index is 2.30. The maximum atomic E-state index is 13.1. The van der Waals surface area contributed by atoms with Crippen molar-refractivity contribution in [2.75, 3.05) is 0 Å². The first kappa shape index (κ1) is 14.3. The zero-order valence-electron chi connectivity index (χ0n) is 9.59. The quantitative estimate of drug-likeness (QED) is 0.710. The Morgan fingerprint density at radius 1 is 1.00 bits per heavy atom. The highest BCUT2D eigenvalue weighted by atomic mass is 35.5. The molecule has 0 amide bonds. The van der Waals surface area contributed by atoms with Gasteiger partial charge in [0.1, 0.15) is 5.82 Å². The van der Waals surface area contributed by atoms with Crippen molar-refractivity contribution >= 4 is 40.6 Å². The third-order valence-electron chi connectivity index (χ3n) is 2.59. The summed E-state index contributed by atoms with van der Waals surface area (Å²) in [6.07, 6.45) is -0.0311. The summed E-state index contributed by atoms with van der Waals surface area (Å²) in [5.74, 6) is -0.704. The second-order valence-electron chi connectivity index (χ2n) is 3.96. The van der Waals surface area contributed by atoms with E-state index < -0.39 is 5.82 Å². The Hall–Kier alpha value is -1.09. The van der Waals surface area contributed by atoms with Crippen LogP contribution in [0.3, 0.4) is 0 Å². The zero-order valence-corrected chi connectivity index (χ0v) is 11.9. The number of Topliss-reactive ketones (excluding diaryl/α,β-unsaturated/α-hetero) is 1. The summed E-state index contributed by atoms with van der Waals surface area (Å²) in [7, 11) is 0. The molecule has 19 heavy (non-hydrogen) atoms. The first-order valence-electron chi connectivity index (χ1n) is 5.39. The van der Waals surface area contributed by atoms with Crippen molar-refractivity contribution in [3.8, 4) is 0 Å². The summed E-state index contributed by atoms with van der Waals surface area (Å²) in [6, 6.07) is 8.51. The molecule has 5 heteroatoms. The predicted octanol–water partition coefficient (Wildman–Crippen LogP) is 5.21. The van der Waals surface area contributed by atoms with Gasteiger partial charge in [-0.05, 0) is 42.0 Å². The van der Waals surface area contributed by atoms with E-state index in [1.165, 1.54) is 24.3 Å². The van der Waals surface area contributed by atoms with Crippen molar-refractivity contribution in [2.24, 2.45) is 0 Å². The first-order chi connectivity index (χ1) is 8.97. The summed E-state index contributed by atoms with van der Waals surface area (Å²) < 4.78 is 13.1. The Bertz CT molecular complexity index is 641. The first-order valence-corrected chi connectivity index (χ1v) is 6.53. The Labute approximate surface area is 124 Å². The number of halogens is 4. The number of rotatable bonds is 3. The zero-order chi connectivity index (χ0) is 14.0. The van der Waals surface area contributed by atoms with Gasteiger partial charge in [0, 0.05) is 22.0 Å². The molecular weight excluding hydrogens is 310 g/mol. The number of hydrogen-bond acceptors (Lipinski definition) is 1. The lowest BCUT2D eigenvalue weighted by molar-refractivity contribution is 0.0993. The molecule has 0 spiro atoms. The van der Waals surface area contributed by atoms with Crippen LogP contribution in [-0.4, -0.2) is 5.78 Å². The lowest BCUT2D eigenvalue weighted by Gasteiger charge is -2.06. The third kappa shape index (κ3) is 3.47. The highest BCUT2D eigenvalue weighted by Crippen LogP contribution is 2.24. The molecule has 0 aromatic heterocycles. The lowest BCUT2D eigenvalue weighted by atomic mass is 10.0. The van der Waals surface area contributed by atoms with Crippen LogP contribution < -0.4 is 0 Å². The van der Waals surface area contributed by atoms with Gasteiger partial charge in [0.25, 0.3) is 0 Å². The molecule has 0 unspecified atom stereocenters. The van der Waals surface area contributed by atoms with Gasteiger partial charge >= 0.3 is 0 Å². The van der Waals surface area contributed by atoms with Gasteiger partial charge in [0.15, 0.2) is 5.78 Å². The molecule has 0 fully saturated rings. The van der Waals surface area contributed by atoms with Gasteiger partial charge in [0.2, 0.25) is 0 Å². The van der Waals surface area contributed by atoms with Gasteiger partial charge in [-0.15, -0.1) is 0 Å². The van der Waals surface area contributed by atoms with E-state index in [0.29, 0.717) is 26.2 Å². The minimum Gasteiger partial charge on any atom is -0.294 e. The fraction of sp³-hybridized carbons (Fsp3) is 0.0714. The second-order valence-corrected chi connectivity index (χ2v) is 5.21. The molecule has 0 N–H and O–H groups in total. The van der Waals surface area contributed by atoms with Gasteiger partial charge in [-0.1, -0.05) is 34.8 Å². The van der Waals surface area contributed by atoms with Crippen molar-refractivity contribution in [1.82, 2.24) is 0 Å². The van der Waals surface area contributed by atoms with E-state index in [1.807, 2.05) is 0 Å². The highest BCUT2D eigenvalue weighted by molar-refractivity contribution is 6.36. The van der Waals surface area contributed by atoms with Gasteiger partial charge in [-0.3, -0.25) is 4.79 Å². The number of carbonyl (C=O) groups is 1. The van der Waals surface area contributed by atoms with Crippen LogP contribution in [-0.2, 0) is 6.42 Å². The van der Waals surface area contributed by atoms with E-state index in [4.69, 9.17) is 34.8 Å². The average Bonchev–Trinajstić information content (AvgIpc) is 2.36. The maximum absolute atomic E-state index is 13.1. The number of carbonyl (C=O) groups excluding carboxylic acids is 1. The summed E-state index contributed by atoms with van der Waals surface area (Å²) in [5.41, 5.74) is 0.720. The van der Waals surface area contributed by atoms with Crippen molar-refractivity contribution in [1.29, 1.82) is 0 Å². The van der Waals surface area contributed by atoms with Crippen LogP contribution in [0, 0.1) is 5.82 Å². The van der Waals surface area contributed by atoms with Gasteiger partial charge < -0.3 is 0 Å². The number of benzene rings is 2. The monoisotopic (exact) mass is 316 g/mol. The van der Waals surface area contributed by atoms with E-state index in [2.05, 4.69) is 0 Å². The molecule has 0 saturated carbocycles. The van der Waals surface area contributed by atoms with E-state index >= 15 is 0 Å². The molecule has 0 atom stereocenters. The molecule has 0 bridgehead atoms. The van der Waals surface area contributed by atoms with E-state index in [0.717, 1.165) is 0 Å². The van der Waals surface area contributed by atoms with E-state index in [1.54, 1.807) is 12.1 Å². The van der Waals surface area contributed by atoms with Gasteiger partial charge in [0.05, 0.1) is 5.02 Å². The fourth-order valence-corrected chi connectivity index (χ4v) is 2.24. The summed E-state index contributed by atoms with van der Waals surface area (Å²) >= 11 is 17.7. The molecule has 0 aliphatic heterocycles. The molecule has 98 valence electrons. The molecule has 2 rings (SSSR count). The van der Waals surface area contributed by atoms with Crippen LogP contribution in [0.15, 0.2) is 36.4 Å². The standard InChI is InChI=1S/C14H8Cl3FO/c15-9-1-3-13(17)11(7-9)14(19)6-8-5-10(18)2-4-12(8)16/h1-5,7H,6H2. The van der Waals surface area contributed by atoms with Crippen LogP contribution in [0.4, 0.5) is 4.39 Å². The molecule has 0 saturated heterocycles. The van der Waals surface area contributed by atoms with Crippen LogP contribution in [0.1, 0.15) is 15.9 Å². The predicted molar refractivity (Wildman–Crippen MR) is 75.9 cm³/mol. The smallest absolute Gasteiger partial charge is 0.168 e. The van der Waals surface area contributed by atoms with E-state index in [-0.39, 0.29) is 12.2 Å². The molecule has 2 aromatic rings. The third-order valence-corrected chi connectivity index (χ3v) is 3.52. The summed E-state index contributed by atoms with van der Waals surface area (Å²) in [5, 5.41) is 1.06. The van der Waals surface area contributed by atoms with Crippen molar-refractivity contribution in [2.45, 2.75) is 6.42 Å². The lowest BCUT2D eigenvalue weighted by Crippen LogP contribution is -2.05. The topological polar surface area (TPSA) is 17.1 Å². The largest absolute Gasteiger partial charge is 0.294 e. The van der Waals surface area contributed by atoms with Crippen LogP contribution in [0.5, 0.6) is 0 Å². The Kier molecular flexibility index (Phi) is 4.46. The van der Waals surface area contributed by atoms with Crippen LogP contribution in [0.2, 0.25) is 15.1 Å². The summed E-state index contributed by atoms with van der Waals surface area (Å²) in [4.78, 5) is 12.1. The molecule has 2 aromatic carbocycles. The SMILES string of the molecule is O=C(Cc1cc(F)ccc1Cl)c1cc(Cl)ccc1Cl. The van der Waals surface area contributed by atoms with Crippen LogP contribution >= 0.6 is 34.8 Å². The number of hydrogen-bond donors (Lipinski definition) is 0. The maximum Gasteiger partial charge on any atom is 0.168 e. The fourth-order valence-electron chi connectivity index (χ4n) is 1.66. The van der Waals surface area contributed by atoms with Crippen LogP contribution in [0.25, 0.3) is 0 Å². The summed E-state index contributed by atoms with van der Waals surface area (Å²) in [6.45, 7) is 0. The molecule has 1 nitrogen and oxygen atoms in total. The second kappa shape index (κ2) is 5.91. The van der Waals surface area contributed by atoms with E-state index in [9.17, 15) is 9.18 Å². The normalized spacial score (nSPS) is 10.5. The molecular formula is C14H8Cl3FO. The molecule has 0 heterocycles. The van der Waals surface area contributed by atoms with Crippen molar-refractivity contribution in [3.05, 3.63) is 68.4 Å². The molecule has 0 aliphatic carbocycles. The van der Waals surface area contributed by atoms with Gasteiger partial charge in [-0.2, -0.15) is 0 Å². The molecule has 0 aliphatic rings. The Morgan fingerprint density at radius 3 is 2.42 bits per heavy atom. The minimum absolute atomic E-state index is 0.0311. The Morgan fingerprint density at radius 2 is 1.68 bits per heavy atom. The highest BCUT2D eigenvalue weighted by Gasteiger charge is 2.14. The molecule has 0 radical (unpaired) electrons. The van der Waals surface area contributed by atoms with Crippen molar-refractivity contribution in [3.63, 3.8) is 0 Å². The minimum atomic E-state index is -0.440.